The van der Waals surface area contributed by atoms with Crippen LogP contribution in [0.4, 0.5) is 0 Å². The van der Waals surface area contributed by atoms with Crippen LogP contribution in [0.5, 0.6) is 5.75 Å². The van der Waals surface area contributed by atoms with E-state index in [0.29, 0.717) is 6.54 Å². The van der Waals surface area contributed by atoms with Gasteiger partial charge in [-0.2, -0.15) is 0 Å². The number of hydrogen-bond acceptors (Lipinski definition) is 3. The summed E-state index contributed by atoms with van der Waals surface area (Å²) in [5, 5.41) is 11.7. The topological polar surface area (TPSA) is 58.6 Å². The highest BCUT2D eigenvalue weighted by Crippen LogP contribution is 2.13. The number of unbranched alkanes of at least 4 members (excludes halogenated alkanes) is 5. The van der Waals surface area contributed by atoms with E-state index in [4.69, 9.17) is 9.84 Å². The molecule has 0 unspecified atom stereocenters. The van der Waals surface area contributed by atoms with E-state index in [1.165, 1.54) is 37.7 Å². The van der Waals surface area contributed by atoms with Crippen molar-refractivity contribution < 1.29 is 14.6 Å². The minimum atomic E-state index is -0.760. The van der Waals surface area contributed by atoms with Gasteiger partial charge in [0.2, 0.25) is 0 Å². The van der Waals surface area contributed by atoms with Crippen molar-refractivity contribution >= 4 is 5.97 Å². The van der Waals surface area contributed by atoms with Crippen LogP contribution in [0.15, 0.2) is 24.3 Å². The van der Waals surface area contributed by atoms with Crippen LogP contribution < -0.4 is 10.1 Å². The van der Waals surface area contributed by atoms with E-state index in [1.54, 1.807) is 0 Å². The van der Waals surface area contributed by atoms with Crippen molar-refractivity contribution in [2.24, 2.45) is 0 Å². The minimum Gasteiger partial charge on any atom is -0.494 e. The second-order valence-electron chi connectivity index (χ2n) is 5.90. The Hall–Kier alpha value is -1.55. The van der Waals surface area contributed by atoms with E-state index >= 15 is 0 Å². The predicted octanol–water partition coefficient (Wildman–Crippen LogP) is 4.03. The first kappa shape index (κ1) is 19.5. The Morgan fingerprint density at radius 3 is 2.43 bits per heavy atom. The lowest BCUT2D eigenvalue weighted by Crippen LogP contribution is -2.20. The summed E-state index contributed by atoms with van der Waals surface area (Å²) < 4.78 is 5.76. The van der Waals surface area contributed by atoms with Gasteiger partial charge in [0.15, 0.2) is 0 Å². The van der Waals surface area contributed by atoms with Crippen LogP contribution >= 0.6 is 0 Å². The number of nitrogens with one attached hydrogen (secondary N) is 1. The van der Waals surface area contributed by atoms with Crippen molar-refractivity contribution in [1.82, 2.24) is 5.32 Å². The third kappa shape index (κ3) is 10.7. The average molecular weight is 321 g/mol. The van der Waals surface area contributed by atoms with Crippen LogP contribution in [0.3, 0.4) is 0 Å². The molecule has 0 aliphatic carbocycles. The van der Waals surface area contributed by atoms with Gasteiger partial charge in [-0.25, -0.2) is 0 Å². The Bertz CT molecular complexity index is 417. The summed E-state index contributed by atoms with van der Waals surface area (Å²) in [6.45, 7) is 4.35. The normalized spacial score (nSPS) is 10.7. The van der Waals surface area contributed by atoms with Crippen LogP contribution in [0, 0.1) is 0 Å². The summed E-state index contributed by atoms with van der Waals surface area (Å²) in [4.78, 5) is 10.4. The van der Waals surface area contributed by atoms with Crippen molar-refractivity contribution in [3.63, 3.8) is 0 Å². The number of carboxylic acid groups (broad SMARTS) is 1. The molecule has 1 aromatic rings. The molecule has 0 saturated carbocycles. The number of aliphatic carboxylic acids is 1. The van der Waals surface area contributed by atoms with Crippen LogP contribution in [0.25, 0.3) is 0 Å². The van der Waals surface area contributed by atoms with Crippen molar-refractivity contribution in [2.45, 2.75) is 58.3 Å². The molecule has 0 heterocycles. The van der Waals surface area contributed by atoms with Gasteiger partial charge in [-0.05, 0) is 37.1 Å². The Kier molecular flexibility index (Phi) is 11.0. The second kappa shape index (κ2) is 12.9. The van der Waals surface area contributed by atoms with Gasteiger partial charge >= 0.3 is 5.97 Å². The molecule has 1 aromatic carbocycles. The molecule has 0 spiro atoms. The minimum absolute atomic E-state index is 0.172. The number of benzene rings is 1. The zero-order valence-electron chi connectivity index (χ0n) is 14.4. The SMILES string of the molecule is CCCCCCCCOc1ccc(CCNCCC(=O)O)cc1. The van der Waals surface area contributed by atoms with Gasteiger partial charge < -0.3 is 15.2 Å². The second-order valence-corrected chi connectivity index (χ2v) is 5.90. The molecule has 1 rings (SSSR count). The maximum absolute atomic E-state index is 10.4. The maximum atomic E-state index is 10.4. The zero-order valence-corrected chi connectivity index (χ0v) is 14.4. The van der Waals surface area contributed by atoms with Gasteiger partial charge in [-0.3, -0.25) is 4.79 Å². The maximum Gasteiger partial charge on any atom is 0.304 e. The summed E-state index contributed by atoms with van der Waals surface area (Å²) in [5.74, 6) is 0.172. The smallest absolute Gasteiger partial charge is 0.304 e. The molecule has 0 bridgehead atoms. The fourth-order valence-electron chi connectivity index (χ4n) is 2.38. The van der Waals surface area contributed by atoms with Crippen LogP contribution in [-0.2, 0) is 11.2 Å². The van der Waals surface area contributed by atoms with E-state index in [0.717, 1.165) is 31.7 Å². The number of carbonyl (C=O) groups is 1. The van der Waals surface area contributed by atoms with Gasteiger partial charge in [-0.1, -0.05) is 51.2 Å². The average Bonchev–Trinajstić information content (AvgIpc) is 2.55. The molecule has 0 saturated heterocycles. The van der Waals surface area contributed by atoms with Crippen molar-refractivity contribution in [2.75, 3.05) is 19.7 Å². The largest absolute Gasteiger partial charge is 0.494 e. The van der Waals surface area contributed by atoms with E-state index < -0.39 is 5.97 Å². The van der Waals surface area contributed by atoms with Gasteiger partial charge in [0.25, 0.3) is 0 Å². The van der Waals surface area contributed by atoms with Crippen molar-refractivity contribution in [3.05, 3.63) is 29.8 Å². The van der Waals surface area contributed by atoms with Crippen molar-refractivity contribution in [1.29, 1.82) is 0 Å². The molecule has 0 fully saturated rings. The van der Waals surface area contributed by atoms with E-state index in [1.807, 2.05) is 12.1 Å². The third-order valence-corrected chi connectivity index (χ3v) is 3.80. The molecule has 4 nitrogen and oxygen atoms in total. The number of carboxylic acids is 1. The van der Waals surface area contributed by atoms with Gasteiger partial charge in [0.1, 0.15) is 5.75 Å². The number of hydrogen-bond donors (Lipinski definition) is 2. The number of rotatable bonds is 14. The molecule has 4 heteroatoms. The van der Waals surface area contributed by atoms with Gasteiger partial charge in [-0.15, -0.1) is 0 Å². The molecule has 0 aliphatic rings. The summed E-state index contributed by atoms with van der Waals surface area (Å²) in [7, 11) is 0. The quantitative estimate of drug-likeness (QED) is 0.508. The fourth-order valence-corrected chi connectivity index (χ4v) is 2.38. The van der Waals surface area contributed by atoms with Crippen LogP contribution in [-0.4, -0.2) is 30.8 Å². The standard InChI is InChI=1S/C19H31NO3/c1-2-3-4-5-6-7-16-23-18-10-8-17(9-11-18)12-14-20-15-13-19(21)22/h8-11,20H,2-7,12-16H2,1H3,(H,21,22). The Morgan fingerprint density at radius 2 is 1.74 bits per heavy atom. The molecular weight excluding hydrogens is 290 g/mol. The molecule has 23 heavy (non-hydrogen) atoms. The van der Waals surface area contributed by atoms with Crippen molar-refractivity contribution in [3.8, 4) is 5.75 Å². The number of ether oxygens (including phenoxy) is 1. The van der Waals surface area contributed by atoms with Crippen LogP contribution in [0.1, 0.15) is 57.4 Å². The lowest BCUT2D eigenvalue weighted by atomic mass is 10.1. The summed E-state index contributed by atoms with van der Waals surface area (Å²) in [5.41, 5.74) is 1.24. The molecular formula is C19H31NO3. The molecule has 0 radical (unpaired) electrons. The van der Waals surface area contributed by atoms with Gasteiger partial charge in [0.05, 0.1) is 13.0 Å². The molecule has 0 amide bonds. The molecule has 130 valence electrons. The lowest BCUT2D eigenvalue weighted by Gasteiger charge is -2.08. The van der Waals surface area contributed by atoms with E-state index in [9.17, 15) is 4.79 Å². The highest BCUT2D eigenvalue weighted by Gasteiger charge is 1.98. The summed E-state index contributed by atoms with van der Waals surface area (Å²) in [6.07, 6.45) is 8.73. The third-order valence-electron chi connectivity index (χ3n) is 3.80. The first-order valence-corrected chi connectivity index (χ1v) is 8.86. The highest BCUT2D eigenvalue weighted by atomic mass is 16.5. The van der Waals surface area contributed by atoms with E-state index in [-0.39, 0.29) is 6.42 Å². The first-order chi connectivity index (χ1) is 11.2. The Balaban J connectivity index is 2.07. The summed E-state index contributed by atoms with van der Waals surface area (Å²) in [6, 6.07) is 8.19. The zero-order chi connectivity index (χ0) is 16.8. The lowest BCUT2D eigenvalue weighted by molar-refractivity contribution is -0.136. The highest BCUT2D eigenvalue weighted by molar-refractivity contribution is 5.66. The van der Waals surface area contributed by atoms with Gasteiger partial charge in [0, 0.05) is 6.54 Å². The Labute approximate surface area is 140 Å². The molecule has 2 N–H and O–H groups in total. The molecule has 0 atom stereocenters. The molecule has 0 aliphatic heterocycles. The Morgan fingerprint density at radius 1 is 1.04 bits per heavy atom. The fraction of sp³-hybridized carbons (Fsp3) is 0.632. The monoisotopic (exact) mass is 321 g/mol. The molecule has 0 aromatic heterocycles. The summed E-state index contributed by atoms with van der Waals surface area (Å²) >= 11 is 0. The van der Waals surface area contributed by atoms with E-state index in [2.05, 4.69) is 24.4 Å². The van der Waals surface area contributed by atoms with Crippen LogP contribution in [0.2, 0.25) is 0 Å². The first-order valence-electron chi connectivity index (χ1n) is 8.86. The predicted molar refractivity (Wildman–Crippen MR) is 94.1 cm³/mol.